The van der Waals surface area contributed by atoms with Crippen molar-refractivity contribution in [3.63, 3.8) is 0 Å². The van der Waals surface area contributed by atoms with Gasteiger partial charge in [-0.05, 0) is 39.3 Å². The van der Waals surface area contributed by atoms with Crippen LogP contribution in [0.1, 0.15) is 32.8 Å². The van der Waals surface area contributed by atoms with Gasteiger partial charge in [0, 0.05) is 35.7 Å². The summed E-state index contributed by atoms with van der Waals surface area (Å²) in [7, 11) is 0. The average Bonchev–Trinajstić information content (AvgIpc) is 2.79. The first-order valence-corrected chi connectivity index (χ1v) is 8.18. The molecule has 6 heteroatoms. The highest BCUT2D eigenvalue weighted by Gasteiger charge is 2.26. The second kappa shape index (κ2) is 6.96. The van der Waals surface area contributed by atoms with Gasteiger partial charge in [0.15, 0.2) is 0 Å². The van der Waals surface area contributed by atoms with Crippen LogP contribution >= 0.6 is 15.9 Å². The van der Waals surface area contributed by atoms with Crippen molar-refractivity contribution >= 4 is 22.0 Å². The highest BCUT2D eigenvalue weighted by molar-refractivity contribution is 9.10. The Morgan fingerprint density at radius 1 is 1.50 bits per heavy atom. The minimum atomic E-state index is -0.500. The van der Waals surface area contributed by atoms with Gasteiger partial charge < -0.3 is 10.1 Å². The van der Waals surface area contributed by atoms with Gasteiger partial charge in [0.2, 0.25) is 0 Å². The minimum Gasteiger partial charge on any atom is -0.444 e. The van der Waals surface area contributed by atoms with E-state index in [0.29, 0.717) is 18.7 Å². The van der Waals surface area contributed by atoms with E-state index in [9.17, 15) is 9.18 Å². The monoisotopic (exact) mass is 372 g/mol. The van der Waals surface area contributed by atoms with Crippen molar-refractivity contribution in [1.29, 1.82) is 0 Å². The average molecular weight is 373 g/mol. The molecule has 1 aliphatic rings. The van der Waals surface area contributed by atoms with Gasteiger partial charge in [-0.1, -0.05) is 22.0 Å². The van der Waals surface area contributed by atoms with E-state index in [0.717, 1.165) is 17.4 Å². The number of hydrogen-bond acceptors (Lipinski definition) is 3. The minimum absolute atomic E-state index is 0.0420. The van der Waals surface area contributed by atoms with Gasteiger partial charge in [-0.15, -0.1) is 0 Å². The number of hydrogen-bond donors (Lipinski definition) is 1. The Balaban J connectivity index is 1.87. The lowest BCUT2D eigenvalue weighted by Crippen LogP contribution is -2.40. The van der Waals surface area contributed by atoms with E-state index in [1.807, 2.05) is 26.8 Å². The molecule has 0 aliphatic carbocycles. The fourth-order valence-electron chi connectivity index (χ4n) is 2.48. The van der Waals surface area contributed by atoms with Crippen LogP contribution in [0.3, 0.4) is 0 Å². The number of rotatable bonds is 3. The van der Waals surface area contributed by atoms with Crippen LogP contribution in [0.4, 0.5) is 9.18 Å². The van der Waals surface area contributed by atoms with E-state index in [1.165, 1.54) is 6.07 Å². The van der Waals surface area contributed by atoms with E-state index in [1.54, 1.807) is 6.07 Å². The summed E-state index contributed by atoms with van der Waals surface area (Å²) >= 11 is 3.39. The van der Waals surface area contributed by atoms with Crippen molar-refractivity contribution in [2.24, 2.45) is 0 Å². The Bertz CT molecular complexity index is 525. The van der Waals surface area contributed by atoms with Crippen molar-refractivity contribution in [2.75, 3.05) is 13.1 Å². The number of nitrogens with zero attached hydrogens (tertiary/aromatic N) is 1. The summed E-state index contributed by atoms with van der Waals surface area (Å²) in [5.41, 5.74) is 0.154. The van der Waals surface area contributed by atoms with Gasteiger partial charge in [-0.3, -0.25) is 4.90 Å². The Hall–Kier alpha value is -1.14. The summed E-state index contributed by atoms with van der Waals surface area (Å²) in [6, 6.07) is 5.03. The third kappa shape index (κ3) is 4.95. The molecular weight excluding hydrogens is 351 g/mol. The molecule has 0 saturated carbocycles. The molecule has 0 radical (unpaired) electrons. The lowest BCUT2D eigenvalue weighted by Gasteiger charge is -2.22. The molecule has 22 heavy (non-hydrogen) atoms. The maximum Gasteiger partial charge on any atom is 0.407 e. The largest absolute Gasteiger partial charge is 0.444 e. The molecule has 0 unspecified atom stereocenters. The van der Waals surface area contributed by atoms with Gasteiger partial charge in [0.05, 0.1) is 0 Å². The zero-order chi connectivity index (χ0) is 16.3. The summed E-state index contributed by atoms with van der Waals surface area (Å²) in [5, 5.41) is 2.87. The van der Waals surface area contributed by atoms with Gasteiger partial charge in [0.25, 0.3) is 0 Å². The molecule has 0 aromatic heterocycles. The molecule has 1 amide bonds. The SMILES string of the molecule is CC(C)(C)OC(=O)N[C@H]1CCN(Cc2c(F)cccc2Br)C1. The van der Waals surface area contributed by atoms with Gasteiger partial charge in [-0.2, -0.15) is 0 Å². The predicted molar refractivity (Wildman–Crippen MR) is 87.2 cm³/mol. The highest BCUT2D eigenvalue weighted by atomic mass is 79.9. The predicted octanol–water partition coefficient (Wildman–Crippen LogP) is 3.69. The van der Waals surface area contributed by atoms with Crippen molar-refractivity contribution in [3.8, 4) is 0 Å². The number of benzene rings is 1. The normalized spacial score (nSPS) is 19.2. The van der Waals surface area contributed by atoms with Crippen molar-refractivity contribution in [1.82, 2.24) is 10.2 Å². The summed E-state index contributed by atoms with van der Waals surface area (Å²) < 4.78 is 19.9. The van der Waals surface area contributed by atoms with Gasteiger partial charge in [-0.25, -0.2) is 9.18 Å². The fourth-order valence-corrected chi connectivity index (χ4v) is 2.94. The van der Waals surface area contributed by atoms with Crippen molar-refractivity contribution in [2.45, 2.75) is 45.4 Å². The number of likely N-dealkylation sites (tertiary alicyclic amines) is 1. The van der Waals surface area contributed by atoms with Crippen LogP contribution in [0.2, 0.25) is 0 Å². The third-order valence-corrected chi connectivity index (χ3v) is 4.18. The first-order chi connectivity index (χ1) is 10.2. The number of amides is 1. The van der Waals surface area contributed by atoms with Crippen LogP contribution in [0, 0.1) is 5.82 Å². The van der Waals surface area contributed by atoms with Crippen LogP contribution in [-0.2, 0) is 11.3 Å². The van der Waals surface area contributed by atoms with E-state index < -0.39 is 11.7 Å². The molecule has 1 fully saturated rings. The second-order valence-electron chi connectivity index (χ2n) is 6.57. The Kier molecular flexibility index (Phi) is 5.45. The first kappa shape index (κ1) is 17.2. The molecule has 1 aliphatic heterocycles. The van der Waals surface area contributed by atoms with E-state index in [2.05, 4.69) is 26.1 Å². The molecule has 1 aromatic carbocycles. The quantitative estimate of drug-likeness (QED) is 0.879. The molecule has 2 rings (SSSR count). The molecule has 1 aromatic rings. The summed E-state index contributed by atoms with van der Waals surface area (Å²) in [6.07, 6.45) is 0.442. The smallest absolute Gasteiger partial charge is 0.407 e. The number of alkyl carbamates (subject to hydrolysis) is 1. The number of nitrogens with one attached hydrogen (secondary N) is 1. The molecule has 122 valence electrons. The molecule has 0 spiro atoms. The van der Waals surface area contributed by atoms with E-state index >= 15 is 0 Å². The van der Waals surface area contributed by atoms with Gasteiger partial charge >= 0.3 is 6.09 Å². The molecule has 1 atom stereocenters. The number of carbonyl (C=O) groups excluding carboxylic acids is 1. The Labute approximate surface area is 139 Å². The lowest BCUT2D eigenvalue weighted by atomic mass is 10.2. The number of ether oxygens (including phenoxy) is 1. The molecule has 1 saturated heterocycles. The number of halogens is 2. The topological polar surface area (TPSA) is 41.6 Å². The zero-order valence-corrected chi connectivity index (χ0v) is 14.7. The van der Waals surface area contributed by atoms with Crippen LogP contribution in [0.5, 0.6) is 0 Å². The molecule has 1 N–H and O–H groups in total. The van der Waals surface area contributed by atoms with Crippen LogP contribution in [0.25, 0.3) is 0 Å². The van der Waals surface area contributed by atoms with E-state index in [-0.39, 0.29) is 11.9 Å². The Morgan fingerprint density at radius 2 is 2.23 bits per heavy atom. The maximum absolute atomic E-state index is 13.9. The molecule has 0 bridgehead atoms. The Morgan fingerprint density at radius 3 is 2.86 bits per heavy atom. The van der Waals surface area contributed by atoms with Gasteiger partial charge in [0.1, 0.15) is 11.4 Å². The third-order valence-electron chi connectivity index (χ3n) is 3.44. The maximum atomic E-state index is 13.9. The van der Waals surface area contributed by atoms with Crippen molar-refractivity contribution < 1.29 is 13.9 Å². The highest BCUT2D eigenvalue weighted by Crippen LogP contribution is 2.23. The standard InChI is InChI=1S/C16H22BrFN2O2/c1-16(2,3)22-15(21)19-11-7-8-20(9-11)10-12-13(17)5-4-6-14(12)18/h4-6,11H,7-10H2,1-3H3,(H,19,21)/t11-/m0/s1. The molecule has 4 nitrogen and oxygen atoms in total. The summed E-state index contributed by atoms with van der Waals surface area (Å²) in [5.74, 6) is -0.210. The van der Waals surface area contributed by atoms with Crippen LogP contribution in [0.15, 0.2) is 22.7 Å². The summed E-state index contributed by atoms with van der Waals surface area (Å²) in [6.45, 7) is 7.55. The van der Waals surface area contributed by atoms with E-state index in [4.69, 9.17) is 4.74 Å². The zero-order valence-electron chi connectivity index (χ0n) is 13.2. The van der Waals surface area contributed by atoms with Crippen LogP contribution < -0.4 is 5.32 Å². The van der Waals surface area contributed by atoms with Crippen molar-refractivity contribution in [3.05, 3.63) is 34.1 Å². The number of carbonyl (C=O) groups is 1. The summed E-state index contributed by atoms with van der Waals surface area (Å²) in [4.78, 5) is 13.9. The second-order valence-corrected chi connectivity index (χ2v) is 7.42. The lowest BCUT2D eigenvalue weighted by molar-refractivity contribution is 0.0505. The molecular formula is C16H22BrFN2O2. The fraction of sp³-hybridized carbons (Fsp3) is 0.562. The first-order valence-electron chi connectivity index (χ1n) is 7.39. The molecule has 1 heterocycles. The van der Waals surface area contributed by atoms with Crippen LogP contribution in [-0.4, -0.2) is 35.7 Å².